The van der Waals surface area contributed by atoms with Gasteiger partial charge in [-0.1, -0.05) is 6.07 Å². The van der Waals surface area contributed by atoms with Crippen LogP contribution in [0.1, 0.15) is 11.1 Å². The van der Waals surface area contributed by atoms with Gasteiger partial charge in [0.2, 0.25) is 0 Å². The van der Waals surface area contributed by atoms with Crippen molar-refractivity contribution in [3.05, 3.63) is 47.4 Å². The number of halogens is 1. The van der Waals surface area contributed by atoms with E-state index in [0.29, 0.717) is 5.56 Å². The van der Waals surface area contributed by atoms with Crippen LogP contribution in [0.15, 0.2) is 35.4 Å². The molecule has 2 rings (SSSR count). The Morgan fingerprint density at radius 2 is 1.95 bits per heavy atom. The van der Waals surface area contributed by atoms with Crippen LogP contribution in [0.2, 0.25) is 0 Å². The summed E-state index contributed by atoms with van der Waals surface area (Å²) >= 11 is 0. The Kier molecular flexibility index (Phi) is 3.63. The van der Waals surface area contributed by atoms with Gasteiger partial charge in [0, 0.05) is 11.9 Å². The van der Waals surface area contributed by atoms with Crippen molar-refractivity contribution < 1.29 is 12.8 Å². The van der Waals surface area contributed by atoms with Crippen LogP contribution in [0.5, 0.6) is 0 Å². The number of nitrogens with zero attached hydrogens (tertiary/aromatic N) is 1. The second-order valence-corrected chi connectivity index (χ2v) is 6.08. The van der Waals surface area contributed by atoms with E-state index in [0.717, 1.165) is 6.07 Å². The molecule has 0 aliphatic carbocycles. The van der Waals surface area contributed by atoms with Gasteiger partial charge in [0.05, 0.1) is 0 Å². The van der Waals surface area contributed by atoms with Gasteiger partial charge in [-0.05, 0) is 43.2 Å². The molecule has 106 valence electrons. The van der Waals surface area contributed by atoms with Crippen LogP contribution in [0.4, 0.5) is 15.9 Å². The number of rotatable bonds is 3. The summed E-state index contributed by atoms with van der Waals surface area (Å²) in [6.07, 6.45) is 1.45. The monoisotopic (exact) mass is 295 g/mol. The lowest BCUT2D eigenvalue weighted by Gasteiger charge is -2.11. The molecule has 1 heterocycles. The highest BCUT2D eigenvalue weighted by atomic mass is 32.2. The third-order valence-electron chi connectivity index (χ3n) is 2.77. The topological polar surface area (TPSA) is 85.1 Å². The van der Waals surface area contributed by atoms with Gasteiger partial charge in [0.1, 0.15) is 16.5 Å². The van der Waals surface area contributed by atoms with Gasteiger partial charge in [-0.15, -0.1) is 0 Å². The summed E-state index contributed by atoms with van der Waals surface area (Å²) in [5, 5.41) is 0. The first-order chi connectivity index (χ1) is 9.31. The summed E-state index contributed by atoms with van der Waals surface area (Å²) in [5.74, 6) is -0.660. The highest BCUT2D eigenvalue weighted by Crippen LogP contribution is 2.24. The molecule has 1 aromatic heterocycles. The number of hydrogen-bond acceptors (Lipinski definition) is 4. The molecule has 0 saturated carbocycles. The molecule has 7 heteroatoms. The Morgan fingerprint density at radius 1 is 1.25 bits per heavy atom. The first kappa shape index (κ1) is 14.3. The van der Waals surface area contributed by atoms with E-state index < -0.39 is 20.7 Å². The van der Waals surface area contributed by atoms with Crippen LogP contribution in [0.25, 0.3) is 0 Å². The number of aryl methyl sites for hydroxylation is 2. The Balaban J connectivity index is 2.49. The zero-order valence-electron chi connectivity index (χ0n) is 11.0. The molecule has 0 aliphatic rings. The number of sulfonamides is 1. The molecule has 0 aliphatic heterocycles. The smallest absolute Gasteiger partial charge is 0.266 e. The number of benzene rings is 1. The zero-order chi connectivity index (χ0) is 14.9. The summed E-state index contributed by atoms with van der Waals surface area (Å²) in [6, 6.07) is 5.84. The quantitative estimate of drug-likeness (QED) is 0.850. The Bertz CT molecular complexity index is 760. The van der Waals surface area contributed by atoms with Crippen molar-refractivity contribution in [1.29, 1.82) is 0 Å². The average Bonchev–Trinajstić information content (AvgIpc) is 2.36. The molecule has 0 radical (unpaired) electrons. The van der Waals surface area contributed by atoms with Crippen molar-refractivity contribution in [2.24, 2.45) is 0 Å². The number of hydrogen-bond donors (Lipinski definition) is 2. The minimum atomic E-state index is -4.08. The Hall–Kier alpha value is -2.15. The van der Waals surface area contributed by atoms with E-state index in [-0.39, 0.29) is 17.1 Å². The normalized spacial score (nSPS) is 11.3. The molecule has 2 aromatic rings. The molecule has 0 unspecified atom stereocenters. The predicted octanol–water partition coefficient (Wildman–Crippen LogP) is 2.22. The summed E-state index contributed by atoms with van der Waals surface area (Å²) in [7, 11) is -4.08. The molecule has 1 aromatic carbocycles. The van der Waals surface area contributed by atoms with Gasteiger partial charge in [-0.3, -0.25) is 4.72 Å². The number of nitrogens with one attached hydrogen (secondary N) is 1. The first-order valence-electron chi connectivity index (χ1n) is 5.81. The minimum absolute atomic E-state index is 0.159. The molecule has 0 saturated heterocycles. The van der Waals surface area contributed by atoms with Crippen LogP contribution in [0.3, 0.4) is 0 Å². The maximum absolute atomic E-state index is 14.0. The van der Waals surface area contributed by atoms with E-state index >= 15 is 0 Å². The third-order valence-corrected chi connectivity index (χ3v) is 4.11. The molecule has 3 N–H and O–H groups in total. The molecular formula is C13H14FN3O2S. The fourth-order valence-electron chi connectivity index (χ4n) is 1.73. The largest absolute Gasteiger partial charge is 0.399 e. The molecule has 0 atom stereocenters. The zero-order valence-corrected chi connectivity index (χ0v) is 11.8. The van der Waals surface area contributed by atoms with Gasteiger partial charge >= 0.3 is 0 Å². The lowest BCUT2D eigenvalue weighted by molar-refractivity contribution is 0.565. The summed E-state index contributed by atoms with van der Waals surface area (Å²) in [4.78, 5) is 3.43. The van der Waals surface area contributed by atoms with Gasteiger partial charge in [0.15, 0.2) is 0 Å². The summed E-state index contributed by atoms with van der Waals surface area (Å²) < 4.78 is 40.7. The Morgan fingerprint density at radius 3 is 2.60 bits per heavy atom. The van der Waals surface area contributed by atoms with Crippen LogP contribution < -0.4 is 10.5 Å². The molecule has 0 bridgehead atoms. The lowest BCUT2D eigenvalue weighted by atomic mass is 10.2. The number of nitrogen functional groups attached to an aromatic ring is 1. The maximum atomic E-state index is 14.0. The molecule has 5 nitrogen and oxygen atoms in total. The van der Waals surface area contributed by atoms with E-state index in [9.17, 15) is 12.8 Å². The van der Waals surface area contributed by atoms with E-state index in [1.807, 2.05) is 0 Å². The number of nitrogens with two attached hydrogens (primary N) is 1. The van der Waals surface area contributed by atoms with Crippen LogP contribution in [0, 0.1) is 19.7 Å². The van der Waals surface area contributed by atoms with E-state index in [1.54, 1.807) is 19.1 Å². The summed E-state index contributed by atoms with van der Waals surface area (Å²) in [6.45, 7) is 3.16. The maximum Gasteiger partial charge on any atom is 0.266 e. The standard InChI is InChI=1S/C13H14FN3O2S/c1-8-4-3-5-16-13(8)17-20(18,19)11-7-10(15)6-9(2)12(11)14/h3-7H,15H2,1-2H3,(H,16,17). The second-order valence-electron chi connectivity index (χ2n) is 4.42. The number of pyridine rings is 1. The van der Waals surface area contributed by atoms with Crippen molar-refractivity contribution in [2.45, 2.75) is 18.7 Å². The van der Waals surface area contributed by atoms with Crippen LogP contribution in [-0.4, -0.2) is 13.4 Å². The molecule has 0 fully saturated rings. The number of anilines is 2. The van der Waals surface area contributed by atoms with Gasteiger partial charge in [-0.25, -0.2) is 17.8 Å². The first-order valence-corrected chi connectivity index (χ1v) is 7.29. The average molecular weight is 295 g/mol. The van der Waals surface area contributed by atoms with E-state index in [4.69, 9.17) is 5.73 Å². The van der Waals surface area contributed by atoms with Crippen molar-refractivity contribution in [3.8, 4) is 0 Å². The predicted molar refractivity (Wildman–Crippen MR) is 75.3 cm³/mol. The van der Waals surface area contributed by atoms with E-state index in [1.165, 1.54) is 19.2 Å². The molecule has 0 amide bonds. The fourth-order valence-corrected chi connectivity index (χ4v) is 3.00. The van der Waals surface area contributed by atoms with Gasteiger partial charge < -0.3 is 5.73 Å². The third kappa shape index (κ3) is 2.72. The van der Waals surface area contributed by atoms with Crippen molar-refractivity contribution >= 4 is 21.5 Å². The van der Waals surface area contributed by atoms with Crippen molar-refractivity contribution in [1.82, 2.24) is 4.98 Å². The van der Waals surface area contributed by atoms with Crippen LogP contribution in [-0.2, 0) is 10.0 Å². The molecule has 0 spiro atoms. The lowest BCUT2D eigenvalue weighted by Crippen LogP contribution is -2.17. The highest BCUT2D eigenvalue weighted by Gasteiger charge is 2.22. The second kappa shape index (κ2) is 5.09. The number of aromatic nitrogens is 1. The fraction of sp³-hybridized carbons (Fsp3) is 0.154. The SMILES string of the molecule is Cc1cccnc1NS(=O)(=O)c1cc(N)cc(C)c1F. The highest BCUT2D eigenvalue weighted by molar-refractivity contribution is 7.92. The van der Waals surface area contributed by atoms with E-state index in [2.05, 4.69) is 9.71 Å². The van der Waals surface area contributed by atoms with Gasteiger partial charge in [0.25, 0.3) is 10.0 Å². The Labute approximate surface area is 116 Å². The van der Waals surface area contributed by atoms with Gasteiger partial charge in [-0.2, -0.15) is 0 Å². The molecule has 20 heavy (non-hydrogen) atoms. The van der Waals surface area contributed by atoms with Crippen LogP contribution >= 0.6 is 0 Å². The minimum Gasteiger partial charge on any atom is -0.399 e. The molecular weight excluding hydrogens is 281 g/mol. The van der Waals surface area contributed by atoms with Crippen molar-refractivity contribution in [3.63, 3.8) is 0 Å². The van der Waals surface area contributed by atoms with Crippen molar-refractivity contribution in [2.75, 3.05) is 10.5 Å². The summed E-state index contributed by atoms with van der Waals surface area (Å²) in [5.41, 5.74) is 6.56.